The van der Waals surface area contributed by atoms with Crippen LogP contribution in [0.4, 0.5) is 5.95 Å². The molecule has 1 aliphatic rings. The molecular weight excluding hydrogens is 556 g/mol. The second-order valence-corrected chi connectivity index (χ2v) is 10.6. The lowest BCUT2D eigenvalue weighted by molar-refractivity contribution is 0.0653. The van der Waals surface area contributed by atoms with Gasteiger partial charge in [-0.15, -0.1) is 6.42 Å². The molecule has 0 fully saturated rings. The van der Waals surface area contributed by atoms with Crippen LogP contribution < -0.4 is 10.9 Å². The number of Topliss-reactive ketones (excluding diaryl/α,β-unsaturated/α-hetero) is 1. The van der Waals surface area contributed by atoms with Crippen molar-refractivity contribution in [3.63, 3.8) is 0 Å². The molecule has 2 heterocycles. The number of carbonyl (C=O) groups is 2. The van der Waals surface area contributed by atoms with Crippen molar-refractivity contribution >= 4 is 45.2 Å². The molecule has 1 unspecified atom stereocenters. The van der Waals surface area contributed by atoms with Gasteiger partial charge in [0.05, 0.1) is 22.9 Å². The Morgan fingerprint density at radius 2 is 1.92 bits per heavy atom. The number of fused-ring (bicyclic) bond motifs is 1. The normalized spacial score (nSPS) is 14.8. The molecule has 0 spiro atoms. The third-order valence-electron chi connectivity index (χ3n) is 6.26. The molecule has 0 radical (unpaired) electrons. The van der Waals surface area contributed by atoms with Crippen molar-refractivity contribution in [3.05, 3.63) is 84.2 Å². The van der Waals surface area contributed by atoms with E-state index in [1.54, 1.807) is 41.3 Å². The summed E-state index contributed by atoms with van der Waals surface area (Å²) in [6, 6.07) is 9.72. The summed E-state index contributed by atoms with van der Waals surface area (Å²) in [4.78, 5) is 45.6. The molecule has 1 aromatic heterocycles. The van der Waals surface area contributed by atoms with Gasteiger partial charge in [-0.3, -0.25) is 14.4 Å². The van der Waals surface area contributed by atoms with E-state index in [-0.39, 0.29) is 40.9 Å². The third kappa shape index (κ3) is 5.20. The van der Waals surface area contributed by atoms with Crippen LogP contribution in [0.3, 0.4) is 0 Å². The minimum atomic E-state index is -0.261. The first-order valence-corrected chi connectivity index (χ1v) is 13.0. The minimum Gasteiger partial charge on any atom is -0.353 e. The highest BCUT2D eigenvalue weighted by atomic mass is 79.9. The third-order valence-corrected chi connectivity index (χ3v) is 7.25. The van der Waals surface area contributed by atoms with Crippen molar-refractivity contribution in [1.29, 1.82) is 0 Å². The fourth-order valence-electron chi connectivity index (χ4n) is 4.35. The van der Waals surface area contributed by atoms with Crippen LogP contribution in [0.5, 0.6) is 0 Å². The SMILES string of the molecule is C#Cc1cc(C(=O)N2Cc3nc(NC(C)C)n(-c4ccc(C(C)=O)cc4Cl)c(=O)c3CC2C)ccc1Br. The van der Waals surface area contributed by atoms with E-state index in [1.807, 2.05) is 20.8 Å². The summed E-state index contributed by atoms with van der Waals surface area (Å²) in [5.41, 5.74) is 2.74. The van der Waals surface area contributed by atoms with Crippen molar-refractivity contribution in [1.82, 2.24) is 14.5 Å². The van der Waals surface area contributed by atoms with Gasteiger partial charge < -0.3 is 10.2 Å². The average Bonchev–Trinajstić information content (AvgIpc) is 2.84. The molecule has 7 nitrogen and oxygen atoms in total. The Bertz CT molecular complexity index is 1520. The van der Waals surface area contributed by atoms with Crippen LogP contribution in [0.15, 0.2) is 45.7 Å². The molecule has 190 valence electrons. The highest BCUT2D eigenvalue weighted by molar-refractivity contribution is 9.10. The fourth-order valence-corrected chi connectivity index (χ4v) is 4.98. The van der Waals surface area contributed by atoms with E-state index in [1.165, 1.54) is 11.5 Å². The summed E-state index contributed by atoms with van der Waals surface area (Å²) in [7, 11) is 0. The van der Waals surface area contributed by atoms with Gasteiger partial charge in [-0.2, -0.15) is 0 Å². The quantitative estimate of drug-likeness (QED) is 0.329. The van der Waals surface area contributed by atoms with E-state index >= 15 is 0 Å². The number of terminal acetylenes is 1. The Morgan fingerprint density at radius 1 is 1.22 bits per heavy atom. The number of halogens is 2. The number of ketones is 1. The van der Waals surface area contributed by atoms with Crippen molar-refractivity contribution in [2.75, 3.05) is 5.32 Å². The lowest BCUT2D eigenvalue weighted by Crippen LogP contribution is -2.46. The van der Waals surface area contributed by atoms with Gasteiger partial charge in [0.15, 0.2) is 5.78 Å². The molecule has 9 heteroatoms. The topological polar surface area (TPSA) is 84.3 Å². The Balaban J connectivity index is 1.80. The monoisotopic (exact) mass is 580 g/mol. The van der Waals surface area contributed by atoms with Gasteiger partial charge in [-0.25, -0.2) is 9.55 Å². The Kier molecular flexibility index (Phi) is 7.58. The lowest BCUT2D eigenvalue weighted by Gasteiger charge is -2.35. The van der Waals surface area contributed by atoms with E-state index in [0.717, 1.165) is 4.47 Å². The van der Waals surface area contributed by atoms with Crippen molar-refractivity contribution < 1.29 is 9.59 Å². The molecular formula is C28H26BrClN4O3. The van der Waals surface area contributed by atoms with Crippen LogP contribution in [0.25, 0.3) is 5.69 Å². The maximum Gasteiger partial charge on any atom is 0.263 e. The van der Waals surface area contributed by atoms with Crippen LogP contribution in [-0.4, -0.2) is 38.2 Å². The molecule has 3 aromatic rings. The summed E-state index contributed by atoms with van der Waals surface area (Å²) >= 11 is 9.93. The fraction of sp³-hybridized carbons (Fsp3) is 0.286. The summed E-state index contributed by atoms with van der Waals surface area (Å²) in [6.07, 6.45) is 5.90. The molecule has 0 bridgehead atoms. The smallest absolute Gasteiger partial charge is 0.263 e. The summed E-state index contributed by atoms with van der Waals surface area (Å²) < 4.78 is 2.19. The molecule has 4 rings (SSSR count). The Labute approximate surface area is 229 Å². The Hall–Kier alpha value is -3.41. The number of carbonyl (C=O) groups excluding carboxylic acids is 2. The van der Waals surface area contributed by atoms with Gasteiger partial charge >= 0.3 is 0 Å². The second-order valence-electron chi connectivity index (χ2n) is 9.35. The summed E-state index contributed by atoms with van der Waals surface area (Å²) in [5, 5.41) is 3.50. The molecule has 0 aliphatic carbocycles. The molecule has 0 saturated heterocycles. The first-order valence-electron chi connectivity index (χ1n) is 11.8. The first-order chi connectivity index (χ1) is 17.5. The number of aromatic nitrogens is 2. The lowest BCUT2D eigenvalue weighted by atomic mass is 9.98. The van der Waals surface area contributed by atoms with Crippen LogP contribution in [0.2, 0.25) is 5.02 Å². The van der Waals surface area contributed by atoms with E-state index in [4.69, 9.17) is 23.0 Å². The van der Waals surface area contributed by atoms with Gasteiger partial charge in [0.1, 0.15) is 0 Å². The summed E-state index contributed by atoms with van der Waals surface area (Å²) in [5.74, 6) is 2.59. The van der Waals surface area contributed by atoms with Gasteiger partial charge in [0.2, 0.25) is 5.95 Å². The number of benzene rings is 2. The molecule has 37 heavy (non-hydrogen) atoms. The van der Waals surface area contributed by atoms with Gasteiger partial charge in [-0.1, -0.05) is 17.5 Å². The van der Waals surface area contributed by atoms with Gasteiger partial charge in [0, 0.05) is 38.8 Å². The van der Waals surface area contributed by atoms with Crippen molar-refractivity contribution in [2.24, 2.45) is 0 Å². The predicted octanol–water partition coefficient (Wildman–Crippen LogP) is 5.24. The number of hydrogen-bond acceptors (Lipinski definition) is 5. The van der Waals surface area contributed by atoms with E-state index < -0.39 is 0 Å². The van der Waals surface area contributed by atoms with Gasteiger partial charge in [0.25, 0.3) is 11.5 Å². The number of hydrogen-bond donors (Lipinski definition) is 1. The number of nitrogens with zero attached hydrogens (tertiary/aromatic N) is 3. The zero-order valence-corrected chi connectivity index (χ0v) is 23.3. The number of anilines is 1. The molecule has 0 saturated carbocycles. The molecule has 1 amide bonds. The second kappa shape index (κ2) is 10.5. The molecule has 1 N–H and O–H groups in total. The van der Waals surface area contributed by atoms with E-state index in [0.29, 0.717) is 46.0 Å². The zero-order valence-electron chi connectivity index (χ0n) is 20.9. The Morgan fingerprint density at radius 3 is 2.54 bits per heavy atom. The zero-order chi connectivity index (χ0) is 27.0. The molecule has 2 aromatic carbocycles. The maximum absolute atomic E-state index is 13.8. The summed E-state index contributed by atoms with van der Waals surface area (Å²) in [6.45, 7) is 7.41. The number of amides is 1. The predicted molar refractivity (Wildman–Crippen MR) is 149 cm³/mol. The van der Waals surface area contributed by atoms with Crippen molar-refractivity contribution in [2.45, 2.75) is 52.7 Å². The average molecular weight is 582 g/mol. The molecule has 1 aliphatic heterocycles. The largest absolute Gasteiger partial charge is 0.353 e. The van der Waals surface area contributed by atoms with Crippen LogP contribution in [0, 0.1) is 12.3 Å². The minimum absolute atomic E-state index is 0.0309. The molecule has 1 atom stereocenters. The first kappa shape index (κ1) is 26.6. The number of rotatable bonds is 5. The maximum atomic E-state index is 13.8. The van der Waals surface area contributed by atoms with E-state index in [9.17, 15) is 14.4 Å². The van der Waals surface area contributed by atoms with Crippen LogP contribution in [0.1, 0.15) is 65.2 Å². The van der Waals surface area contributed by atoms with Crippen LogP contribution in [-0.2, 0) is 13.0 Å². The van der Waals surface area contributed by atoms with Gasteiger partial charge in [-0.05, 0) is 86.4 Å². The highest BCUT2D eigenvalue weighted by Gasteiger charge is 2.32. The number of nitrogens with one attached hydrogen (secondary N) is 1. The van der Waals surface area contributed by atoms with E-state index in [2.05, 4.69) is 27.2 Å². The standard InChI is InChI=1S/C28H26BrClN4O3/c1-6-18-12-20(7-9-22(18)29)26(36)33-14-24-21(11-16(33)4)27(37)34(28(32-24)31-15(2)3)25-10-8-19(17(5)35)13-23(25)30/h1,7-10,12-13,15-16H,11,14H2,2-5H3,(H,31,32). The van der Waals surface area contributed by atoms with Crippen LogP contribution >= 0.6 is 27.5 Å². The highest BCUT2D eigenvalue weighted by Crippen LogP contribution is 2.28. The van der Waals surface area contributed by atoms with Crippen molar-refractivity contribution in [3.8, 4) is 18.0 Å².